The highest BCUT2D eigenvalue weighted by atomic mass is 79.9. The van der Waals surface area contributed by atoms with Crippen molar-refractivity contribution >= 4 is 39.1 Å². The number of carbonyl (C=O) groups excluding carboxylic acids is 2. The summed E-state index contributed by atoms with van der Waals surface area (Å²) in [5.74, 6) is -6.43. The molecule has 3 aromatic rings. The minimum atomic E-state index is -6.63. The van der Waals surface area contributed by atoms with Gasteiger partial charge in [-0.1, -0.05) is 6.07 Å². The van der Waals surface area contributed by atoms with Crippen molar-refractivity contribution in [3.8, 4) is 11.5 Å². The summed E-state index contributed by atoms with van der Waals surface area (Å²) in [6, 6.07) is 5.43. The maximum Gasteiger partial charge on any atom is 0.573 e. The van der Waals surface area contributed by atoms with Gasteiger partial charge in [0, 0.05) is 15.6 Å². The highest BCUT2D eigenvalue weighted by Gasteiger charge is 2.73. The molecule has 0 radical (unpaired) electrons. The predicted molar refractivity (Wildman–Crippen MR) is 131 cm³/mol. The van der Waals surface area contributed by atoms with Crippen LogP contribution in [0.25, 0.3) is 0 Å². The van der Waals surface area contributed by atoms with Gasteiger partial charge in [-0.25, -0.2) is 8.78 Å². The van der Waals surface area contributed by atoms with Crippen LogP contribution in [0.3, 0.4) is 0 Å². The van der Waals surface area contributed by atoms with E-state index in [-0.39, 0.29) is 17.7 Å². The number of carbonyl (C=O) groups is 2. The number of alkyl halides is 12. The van der Waals surface area contributed by atoms with Gasteiger partial charge >= 0.3 is 31.0 Å². The van der Waals surface area contributed by atoms with Crippen molar-refractivity contribution in [1.29, 1.82) is 0 Å². The molecule has 0 fully saturated rings. The van der Waals surface area contributed by atoms with Gasteiger partial charge in [0.05, 0.1) is 16.9 Å². The molecule has 45 heavy (non-hydrogen) atoms. The zero-order valence-electron chi connectivity index (χ0n) is 21.2. The Morgan fingerprint density at radius 3 is 1.87 bits per heavy atom. The van der Waals surface area contributed by atoms with E-state index in [1.807, 2.05) is 5.32 Å². The second-order valence-electron chi connectivity index (χ2n) is 8.51. The van der Waals surface area contributed by atoms with Crippen molar-refractivity contribution in [2.24, 2.45) is 0 Å². The van der Waals surface area contributed by atoms with E-state index in [1.165, 1.54) is 0 Å². The number of ether oxygens (including phenoxy) is 2. The maximum absolute atomic E-state index is 15.2. The normalized spacial score (nSPS) is 12.6. The van der Waals surface area contributed by atoms with E-state index in [1.54, 1.807) is 5.32 Å². The highest BCUT2D eigenvalue weighted by molar-refractivity contribution is 9.10. The lowest BCUT2D eigenvalue weighted by Gasteiger charge is -2.31. The average molecular weight is 731 g/mol. The Labute approximate surface area is 250 Å². The number of hydrogen-bond acceptors (Lipinski definition) is 4. The lowest BCUT2D eigenvalue weighted by Crippen LogP contribution is -2.50. The van der Waals surface area contributed by atoms with Crippen molar-refractivity contribution in [2.45, 2.75) is 31.0 Å². The summed E-state index contributed by atoms with van der Waals surface area (Å²) in [4.78, 5) is 25.3. The Morgan fingerprint density at radius 1 is 0.778 bits per heavy atom. The molecule has 3 rings (SSSR count). The summed E-state index contributed by atoms with van der Waals surface area (Å²) in [6.45, 7) is -3.92. The highest BCUT2D eigenvalue weighted by Crippen LogP contribution is 2.55. The molecule has 20 heteroatoms. The van der Waals surface area contributed by atoms with E-state index in [4.69, 9.17) is 0 Å². The molecule has 0 aromatic heterocycles. The number of nitrogens with one attached hydrogen (secondary N) is 2. The van der Waals surface area contributed by atoms with Crippen LogP contribution in [0, 0.1) is 5.82 Å². The number of benzene rings is 3. The first-order chi connectivity index (χ1) is 20.5. The number of hydrogen-bond donors (Lipinski definition) is 2. The van der Waals surface area contributed by atoms with Crippen LogP contribution in [0.4, 0.5) is 68.5 Å². The molecule has 0 atom stereocenters. The molecule has 244 valence electrons. The number of rotatable bonds is 8. The zero-order chi connectivity index (χ0) is 34.1. The molecule has 0 saturated heterocycles. The molecular formula is C25H12BrF13N2O4. The minimum absolute atomic E-state index is 0.118. The molecule has 0 spiro atoms. The standard InChI is InChI=1S/C25H12BrF13N2O4/c26-14-8-11(22(30,23(31,32)33)24(34,35)36)9-16(44-21(28)29)18(14)41-20(43)13-2-1-3-15(17(13)27)40-19(42)10-4-6-12(7-5-10)45-25(37,38)39/h1-9,21H,(H,40,42)(H,41,43). The lowest BCUT2D eigenvalue weighted by atomic mass is 9.93. The predicted octanol–water partition coefficient (Wildman–Crippen LogP) is 8.88. The smallest absolute Gasteiger partial charge is 0.433 e. The van der Waals surface area contributed by atoms with E-state index in [0.29, 0.717) is 0 Å². The summed E-state index contributed by atoms with van der Waals surface area (Å²) >= 11 is 2.46. The molecule has 6 nitrogen and oxygen atoms in total. The Kier molecular flexibility index (Phi) is 9.90. The van der Waals surface area contributed by atoms with Gasteiger partial charge < -0.3 is 20.1 Å². The van der Waals surface area contributed by atoms with Gasteiger partial charge in [-0.2, -0.15) is 35.1 Å². The largest absolute Gasteiger partial charge is 0.573 e. The van der Waals surface area contributed by atoms with Gasteiger partial charge in [0.1, 0.15) is 5.75 Å². The van der Waals surface area contributed by atoms with Gasteiger partial charge in [-0.3, -0.25) is 9.59 Å². The van der Waals surface area contributed by atoms with Gasteiger partial charge in [-0.15, -0.1) is 13.2 Å². The molecule has 3 aromatic carbocycles. The summed E-state index contributed by atoms with van der Waals surface area (Å²) in [6.07, 6.45) is -18.3. The summed E-state index contributed by atoms with van der Waals surface area (Å²) in [5.41, 5.74) is -11.4. The van der Waals surface area contributed by atoms with Gasteiger partial charge in [0.25, 0.3) is 11.8 Å². The SMILES string of the molecule is O=C(Nc1cccc(C(=O)Nc2c(Br)cc(C(F)(C(F)(F)F)C(F)(F)F)cc2OC(F)F)c1F)c1ccc(OC(F)(F)F)cc1. The van der Waals surface area contributed by atoms with Crippen molar-refractivity contribution in [3.05, 3.63) is 81.6 Å². The van der Waals surface area contributed by atoms with Crippen LogP contribution >= 0.6 is 15.9 Å². The summed E-state index contributed by atoms with van der Waals surface area (Å²) in [5, 5.41) is 3.76. The Bertz CT molecular complexity index is 1560. The molecule has 0 heterocycles. The van der Waals surface area contributed by atoms with Gasteiger partial charge in [0.15, 0.2) is 11.6 Å². The first-order valence-corrected chi connectivity index (χ1v) is 12.2. The average Bonchev–Trinajstić information content (AvgIpc) is 2.88. The number of amides is 2. The Morgan fingerprint density at radius 2 is 1.36 bits per heavy atom. The fourth-order valence-corrected chi connectivity index (χ4v) is 4.11. The molecule has 0 unspecified atom stereocenters. The van der Waals surface area contributed by atoms with Crippen LogP contribution in [0.1, 0.15) is 26.3 Å². The molecule has 2 N–H and O–H groups in total. The monoisotopic (exact) mass is 730 g/mol. The topological polar surface area (TPSA) is 76.7 Å². The van der Waals surface area contributed by atoms with E-state index >= 15 is 4.39 Å². The van der Waals surface area contributed by atoms with E-state index < -0.39 is 87.1 Å². The molecule has 2 amide bonds. The van der Waals surface area contributed by atoms with Crippen molar-refractivity contribution in [2.75, 3.05) is 10.6 Å². The Hall–Kier alpha value is -4.23. The van der Waals surface area contributed by atoms with Crippen molar-refractivity contribution < 1.29 is 76.1 Å². The van der Waals surface area contributed by atoms with E-state index in [0.717, 1.165) is 42.5 Å². The third-order valence-electron chi connectivity index (χ3n) is 5.53. The third kappa shape index (κ3) is 7.90. The van der Waals surface area contributed by atoms with Gasteiger partial charge in [-0.05, 0) is 64.5 Å². The van der Waals surface area contributed by atoms with Crippen LogP contribution in [-0.4, -0.2) is 37.1 Å². The maximum atomic E-state index is 15.2. The van der Waals surface area contributed by atoms with Crippen LogP contribution < -0.4 is 20.1 Å². The van der Waals surface area contributed by atoms with Gasteiger partial charge in [0.2, 0.25) is 0 Å². The fourth-order valence-electron chi connectivity index (χ4n) is 3.57. The molecule has 0 bridgehead atoms. The first-order valence-electron chi connectivity index (χ1n) is 11.4. The second-order valence-corrected chi connectivity index (χ2v) is 9.37. The third-order valence-corrected chi connectivity index (χ3v) is 6.15. The molecular weight excluding hydrogens is 719 g/mol. The number of halogens is 14. The number of anilines is 2. The molecule has 0 aliphatic carbocycles. The van der Waals surface area contributed by atoms with Crippen molar-refractivity contribution in [3.63, 3.8) is 0 Å². The minimum Gasteiger partial charge on any atom is -0.433 e. The summed E-state index contributed by atoms with van der Waals surface area (Å²) < 4.78 is 179. The molecule has 0 aliphatic rings. The molecule has 0 saturated carbocycles. The molecule has 0 aliphatic heterocycles. The van der Waals surface area contributed by atoms with Crippen LogP contribution in [-0.2, 0) is 5.67 Å². The quantitative estimate of drug-likeness (QED) is 0.227. The van der Waals surface area contributed by atoms with Crippen LogP contribution in [0.15, 0.2) is 59.1 Å². The van der Waals surface area contributed by atoms with E-state index in [9.17, 15) is 62.3 Å². The first kappa shape index (κ1) is 35.3. The second kappa shape index (κ2) is 12.6. The van der Waals surface area contributed by atoms with E-state index in [2.05, 4.69) is 25.4 Å². The summed E-state index contributed by atoms with van der Waals surface area (Å²) in [7, 11) is 0. The zero-order valence-corrected chi connectivity index (χ0v) is 22.8. The van der Waals surface area contributed by atoms with Crippen molar-refractivity contribution in [1.82, 2.24) is 0 Å². The van der Waals surface area contributed by atoms with Crippen LogP contribution in [0.5, 0.6) is 11.5 Å². The lowest BCUT2D eigenvalue weighted by molar-refractivity contribution is -0.348. The fraction of sp³-hybridized carbons (Fsp3) is 0.200. The van der Waals surface area contributed by atoms with Crippen LogP contribution in [0.2, 0.25) is 0 Å². The Balaban J connectivity index is 1.94.